The molecule has 0 spiro atoms. The van der Waals surface area contributed by atoms with Gasteiger partial charge in [-0.05, 0) is 61.8 Å². The fraction of sp³-hybridized carbons (Fsp3) is 0.467. The zero-order valence-electron chi connectivity index (χ0n) is 23.6. The van der Waals surface area contributed by atoms with Crippen molar-refractivity contribution in [2.75, 3.05) is 20.3 Å². The zero-order valence-corrected chi connectivity index (χ0v) is 23.6. The van der Waals surface area contributed by atoms with Crippen molar-refractivity contribution in [2.24, 2.45) is 11.8 Å². The Bertz CT molecular complexity index is 1660. The highest BCUT2D eigenvalue weighted by Crippen LogP contribution is 2.48. The number of methoxy groups -OCH3 is 1. The number of aliphatic hydroxyl groups excluding tert-OH is 1. The molecule has 11 nitrogen and oxygen atoms in total. The van der Waals surface area contributed by atoms with Gasteiger partial charge in [0.25, 0.3) is 0 Å². The van der Waals surface area contributed by atoms with E-state index in [-0.39, 0.29) is 6.61 Å². The number of nitrogens with one attached hydrogen (secondary N) is 1. The average molecular weight is 573 g/mol. The number of nitrogens with zero attached hydrogens (tertiary/aromatic N) is 7. The van der Waals surface area contributed by atoms with E-state index in [9.17, 15) is 9.50 Å². The molecule has 0 aromatic carbocycles. The van der Waals surface area contributed by atoms with Crippen LogP contribution >= 0.6 is 0 Å². The lowest BCUT2D eigenvalue weighted by atomic mass is 9.89. The molecule has 12 heteroatoms. The largest absolute Gasteiger partial charge is 0.493 e. The Morgan fingerprint density at radius 2 is 2.07 bits per heavy atom. The van der Waals surface area contributed by atoms with Crippen LogP contribution in [0, 0.1) is 36.0 Å². The molecule has 218 valence electrons. The monoisotopic (exact) mass is 572 g/mol. The quantitative estimate of drug-likeness (QED) is 0.242. The van der Waals surface area contributed by atoms with Crippen molar-refractivity contribution in [2.45, 2.75) is 57.5 Å². The van der Waals surface area contributed by atoms with Crippen LogP contribution in [0.15, 0.2) is 36.8 Å². The third-order valence-electron chi connectivity index (χ3n) is 9.36. The summed E-state index contributed by atoms with van der Waals surface area (Å²) >= 11 is 0. The molecule has 7 rings (SSSR count). The van der Waals surface area contributed by atoms with Crippen molar-refractivity contribution >= 4 is 5.52 Å². The lowest BCUT2D eigenvalue weighted by Gasteiger charge is -2.38. The predicted octanol–water partition coefficient (Wildman–Crippen LogP) is 3.21. The van der Waals surface area contributed by atoms with Gasteiger partial charge in [0.1, 0.15) is 5.82 Å². The van der Waals surface area contributed by atoms with Gasteiger partial charge < -0.3 is 19.9 Å². The van der Waals surface area contributed by atoms with Gasteiger partial charge in [-0.1, -0.05) is 0 Å². The van der Waals surface area contributed by atoms with Crippen molar-refractivity contribution in [3.05, 3.63) is 59.6 Å². The van der Waals surface area contributed by atoms with E-state index >= 15 is 0 Å². The molecule has 2 N–H and O–H groups in total. The summed E-state index contributed by atoms with van der Waals surface area (Å²) in [4.78, 5) is 6.72. The molecular weight excluding hydrogens is 539 g/mol. The first-order valence-electron chi connectivity index (χ1n) is 14.4. The lowest BCUT2D eigenvalue weighted by Crippen LogP contribution is -2.46. The fourth-order valence-corrected chi connectivity index (χ4v) is 7.32. The first-order chi connectivity index (χ1) is 20.5. The number of hydrogen-bond acceptors (Lipinski definition) is 9. The fourth-order valence-electron chi connectivity index (χ4n) is 7.32. The number of aliphatic hydroxyl groups is 1. The maximum absolute atomic E-state index is 13.5. The van der Waals surface area contributed by atoms with Gasteiger partial charge in [-0.3, -0.25) is 14.6 Å². The standard InChI is InChI=1S/C30H33FN8O3/c1-17-25-14-37(24-9-18-7-19(24)8-23(18)34-16-32)5-6-38(25)36-29(17)20-10-26(30-27(41-2)12-35-39(30)13-20)42-28(15-40)22-4-3-21(31)11-33-22/h3-4,10-13,18-19,23-24,28,34,40H,5-9,14-15H2,1-2H3/t18?,19?,23?,24?,28-/m1/s1. The molecule has 2 aliphatic carbocycles. The van der Waals surface area contributed by atoms with Gasteiger partial charge in [0.05, 0.1) is 49.7 Å². The van der Waals surface area contributed by atoms with Gasteiger partial charge in [-0.2, -0.15) is 15.5 Å². The normalized spacial score (nSPS) is 24.0. The van der Waals surface area contributed by atoms with E-state index in [0.29, 0.717) is 46.6 Å². The number of pyridine rings is 2. The predicted molar refractivity (Wildman–Crippen MR) is 150 cm³/mol. The maximum Gasteiger partial charge on any atom is 0.176 e. The number of fused-ring (bicyclic) bond motifs is 4. The van der Waals surface area contributed by atoms with Gasteiger partial charge in [0.15, 0.2) is 29.3 Å². The second-order valence-corrected chi connectivity index (χ2v) is 11.6. The topological polar surface area (TPSA) is 126 Å². The molecule has 2 fully saturated rings. The van der Waals surface area contributed by atoms with Crippen LogP contribution < -0.4 is 14.8 Å². The van der Waals surface area contributed by atoms with Gasteiger partial charge in [0.2, 0.25) is 0 Å². The summed E-state index contributed by atoms with van der Waals surface area (Å²) in [6.45, 7) is 4.36. The highest BCUT2D eigenvalue weighted by molar-refractivity contribution is 5.75. The molecule has 0 amide bonds. The van der Waals surface area contributed by atoms with E-state index in [1.54, 1.807) is 17.8 Å². The van der Waals surface area contributed by atoms with Gasteiger partial charge in [-0.25, -0.2) is 8.91 Å². The summed E-state index contributed by atoms with van der Waals surface area (Å²) in [5.74, 6) is 1.71. The zero-order chi connectivity index (χ0) is 29.0. The third kappa shape index (κ3) is 4.44. The minimum absolute atomic E-state index is 0.330. The van der Waals surface area contributed by atoms with Crippen LogP contribution in [0.3, 0.4) is 0 Å². The molecule has 3 aliphatic rings. The van der Waals surface area contributed by atoms with E-state index in [1.807, 2.05) is 12.3 Å². The molecule has 2 saturated carbocycles. The van der Waals surface area contributed by atoms with E-state index in [4.69, 9.17) is 19.8 Å². The number of ether oxygens (including phenoxy) is 2. The van der Waals surface area contributed by atoms with Crippen molar-refractivity contribution in [1.82, 2.24) is 34.6 Å². The van der Waals surface area contributed by atoms with Crippen molar-refractivity contribution < 1.29 is 19.0 Å². The molecule has 5 atom stereocenters. The van der Waals surface area contributed by atoms with Crippen LogP contribution in [-0.2, 0) is 13.1 Å². The Balaban J connectivity index is 1.19. The smallest absolute Gasteiger partial charge is 0.176 e. The lowest BCUT2D eigenvalue weighted by molar-refractivity contribution is 0.102. The summed E-state index contributed by atoms with van der Waals surface area (Å²) in [5.41, 5.74) is 4.99. The third-order valence-corrected chi connectivity index (χ3v) is 9.36. The second kappa shape index (κ2) is 10.6. The highest BCUT2D eigenvalue weighted by atomic mass is 19.1. The number of aromatic nitrogens is 5. The first kappa shape index (κ1) is 26.7. The summed E-state index contributed by atoms with van der Waals surface area (Å²) in [5, 5.41) is 31.7. The van der Waals surface area contributed by atoms with Crippen LogP contribution in [0.1, 0.15) is 42.3 Å². The molecule has 1 aliphatic heterocycles. The Hall–Kier alpha value is -4.21. The van der Waals surface area contributed by atoms with Crippen LogP contribution in [0.5, 0.6) is 11.5 Å². The Kier molecular flexibility index (Phi) is 6.71. The molecule has 4 aromatic rings. The van der Waals surface area contributed by atoms with Crippen LogP contribution in [0.25, 0.3) is 16.8 Å². The molecular formula is C30H33FN8O3. The molecule has 4 aromatic heterocycles. The van der Waals surface area contributed by atoms with Crippen LogP contribution in [-0.4, -0.2) is 66.7 Å². The number of halogens is 1. The van der Waals surface area contributed by atoms with Gasteiger partial charge >= 0.3 is 0 Å². The van der Waals surface area contributed by atoms with Crippen LogP contribution in [0.4, 0.5) is 4.39 Å². The van der Waals surface area contributed by atoms with Crippen molar-refractivity contribution in [3.63, 3.8) is 0 Å². The minimum atomic E-state index is -0.821. The number of rotatable bonds is 8. The first-order valence-corrected chi connectivity index (χ1v) is 14.4. The van der Waals surface area contributed by atoms with Gasteiger partial charge in [-0.15, -0.1) is 0 Å². The molecule has 5 heterocycles. The van der Waals surface area contributed by atoms with Crippen LogP contribution in [0.2, 0.25) is 0 Å². The number of nitriles is 1. The molecule has 2 bridgehead atoms. The minimum Gasteiger partial charge on any atom is -0.493 e. The SMILES string of the molecule is COc1cnn2cc(-c3nn4c(c3C)CN(C3CC5CC3CC5NC#N)CC4)cc(O[C@H](CO)c3ccc(F)cn3)c12. The second-order valence-electron chi connectivity index (χ2n) is 11.6. The Labute approximate surface area is 242 Å². The van der Waals surface area contributed by atoms with E-state index in [1.165, 1.54) is 24.2 Å². The Morgan fingerprint density at radius 1 is 1.19 bits per heavy atom. The maximum atomic E-state index is 13.5. The Morgan fingerprint density at radius 3 is 2.79 bits per heavy atom. The molecule has 0 saturated heterocycles. The van der Waals surface area contributed by atoms with Crippen molar-refractivity contribution in [3.8, 4) is 28.9 Å². The summed E-state index contributed by atoms with van der Waals surface area (Å²) in [6, 6.07) is 5.56. The van der Waals surface area contributed by atoms with E-state index in [2.05, 4.69) is 38.1 Å². The summed E-state index contributed by atoms with van der Waals surface area (Å²) in [6.07, 6.45) is 9.36. The molecule has 0 radical (unpaired) electrons. The van der Waals surface area contributed by atoms with Crippen molar-refractivity contribution in [1.29, 1.82) is 5.26 Å². The summed E-state index contributed by atoms with van der Waals surface area (Å²) < 4.78 is 29.2. The summed E-state index contributed by atoms with van der Waals surface area (Å²) in [7, 11) is 1.56. The van der Waals surface area contributed by atoms with E-state index in [0.717, 1.165) is 55.5 Å². The average Bonchev–Trinajstić information content (AvgIpc) is 3.79. The van der Waals surface area contributed by atoms with E-state index < -0.39 is 11.9 Å². The molecule has 4 unspecified atom stereocenters. The van der Waals surface area contributed by atoms with Gasteiger partial charge in [0, 0.05) is 36.9 Å². The number of hydrogen-bond donors (Lipinski definition) is 2. The molecule has 42 heavy (non-hydrogen) atoms. The highest BCUT2D eigenvalue weighted by Gasteiger charge is 2.48.